The minimum atomic E-state index is -0.0243. The number of rotatable bonds is 0. The topological polar surface area (TPSA) is 41.5 Å². The standard InChI is InChI=1S/C8H8N2O/c1-5-4-7-6(2-3-9-7)8(11)10-5/h2-4,7H,1H3,(H,10,11). The van der Waals surface area contributed by atoms with Crippen molar-refractivity contribution in [3.8, 4) is 0 Å². The Hall–Kier alpha value is -1.38. The summed E-state index contributed by atoms with van der Waals surface area (Å²) in [5.41, 5.74) is 1.63. The molecule has 0 aromatic heterocycles. The number of fused-ring (bicyclic) bond motifs is 1. The van der Waals surface area contributed by atoms with Crippen molar-refractivity contribution >= 4 is 12.1 Å². The van der Waals surface area contributed by atoms with E-state index >= 15 is 0 Å². The first-order valence-electron chi connectivity index (χ1n) is 3.50. The van der Waals surface area contributed by atoms with Gasteiger partial charge in [0.15, 0.2) is 0 Å². The summed E-state index contributed by atoms with van der Waals surface area (Å²) < 4.78 is 0. The van der Waals surface area contributed by atoms with Gasteiger partial charge in [-0.05, 0) is 19.1 Å². The third-order valence-electron chi connectivity index (χ3n) is 1.80. The van der Waals surface area contributed by atoms with Crippen molar-refractivity contribution in [3.05, 3.63) is 23.4 Å². The number of nitrogens with one attached hydrogen (secondary N) is 1. The highest BCUT2D eigenvalue weighted by atomic mass is 16.1. The third-order valence-corrected chi connectivity index (χ3v) is 1.80. The van der Waals surface area contributed by atoms with E-state index in [0.717, 1.165) is 11.3 Å². The maximum Gasteiger partial charge on any atom is 0.253 e. The van der Waals surface area contributed by atoms with Crippen LogP contribution in [0.2, 0.25) is 0 Å². The molecule has 0 radical (unpaired) electrons. The number of carbonyl (C=O) groups excluding carboxylic acids is 1. The number of hydrogen-bond donors (Lipinski definition) is 1. The van der Waals surface area contributed by atoms with Gasteiger partial charge in [0.2, 0.25) is 0 Å². The van der Waals surface area contributed by atoms with Gasteiger partial charge < -0.3 is 5.32 Å². The minimum Gasteiger partial charge on any atom is -0.326 e. The van der Waals surface area contributed by atoms with Crippen LogP contribution in [0, 0.1) is 0 Å². The van der Waals surface area contributed by atoms with Crippen LogP contribution < -0.4 is 5.32 Å². The number of aliphatic imine (C=N–C) groups is 1. The zero-order valence-electron chi connectivity index (χ0n) is 6.16. The van der Waals surface area contributed by atoms with Crippen molar-refractivity contribution in [3.63, 3.8) is 0 Å². The average molecular weight is 148 g/mol. The monoisotopic (exact) mass is 148 g/mol. The molecule has 0 saturated carbocycles. The molecule has 2 aliphatic rings. The summed E-state index contributed by atoms with van der Waals surface area (Å²) in [6.45, 7) is 1.86. The molecule has 2 aliphatic heterocycles. The predicted molar refractivity (Wildman–Crippen MR) is 42.3 cm³/mol. The van der Waals surface area contributed by atoms with Crippen molar-refractivity contribution in [2.24, 2.45) is 4.99 Å². The van der Waals surface area contributed by atoms with Gasteiger partial charge >= 0.3 is 0 Å². The lowest BCUT2D eigenvalue weighted by Gasteiger charge is -2.16. The number of hydrogen-bond acceptors (Lipinski definition) is 2. The first-order chi connectivity index (χ1) is 5.27. The van der Waals surface area contributed by atoms with E-state index < -0.39 is 0 Å². The van der Waals surface area contributed by atoms with Gasteiger partial charge in [-0.25, -0.2) is 0 Å². The number of amides is 1. The largest absolute Gasteiger partial charge is 0.326 e. The molecule has 0 aliphatic carbocycles. The summed E-state index contributed by atoms with van der Waals surface area (Å²) in [6.07, 6.45) is 5.37. The molecule has 56 valence electrons. The zero-order valence-corrected chi connectivity index (χ0v) is 6.16. The molecule has 1 atom stereocenters. The fraction of sp³-hybridized carbons (Fsp3) is 0.250. The predicted octanol–water partition coefficient (Wildman–Crippen LogP) is 0.399. The molecule has 1 N–H and O–H groups in total. The molecule has 0 aromatic rings. The maximum atomic E-state index is 11.2. The Kier molecular flexibility index (Phi) is 1.18. The lowest BCUT2D eigenvalue weighted by atomic mass is 10.0. The first-order valence-corrected chi connectivity index (χ1v) is 3.50. The van der Waals surface area contributed by atoms with Gasteiger partial charge in [-0.15, -0.1) is 0 Å². The number of nitrogens with zero attached hydrogens (tertiary/aromatic N) is 1. The summed E-state index contributed by atoms with van der Waals surface area (Å²) in [6, 6.07) is -0.0243. The third kappa shape index (κ3) is 0.888. The van der Waals surface area contributed by atoms with E-state index in [1.165, 1.54) is 0 Å². The van der Waals surface area contributed by atoms with E-state index in [4.69, 9.17) is 0 Å². The lowest BCUT2D eigenvalue weighted by molar-refractivity contribution is -0.117. The van der Waals surface area contributed by atoms with Crippen molar-refractivity contribution < 1.29 is 4.79 Å². The van der Waals surface area contributed by atoms with Crippen molar-refractivity contribution in [2.75, 3.05) is 0 Å². The molecule has 0 fully saturated rings. The molecular formula is C8H8N2O. The Morgan fingerprint density at radius 3 is 3.27 bits per heavy atom. The Bertz CT molecular complexity index is 299. The van der Waals surface area contributed by atoms with E-state index in [9.17, 15) is 4.79 Å². The molecule has 0 bridgehead atoms. The van der Waals surface area contributed by atoms with Gasteiger partial charge in [0, 0.05) is 17.5 Å². The molecule has 0 saturated heterocycles. The van der Waals surface area contributed by atoms with Gasteiger partial charge in [-0.2, -0.15) is 0 Å². The first kappa shape index (κ1) is 6.34. The minimum absolute atomic E-state index is 0.0208. The van der Waals surface area contributed by atoms with Crippen LogP contribution in [0.4, 0.5) is 0 Å². The molecule has 1 amide bonds. The van der Waals surface area contributed by atoms with Crippen LogP contribution in [0.15, 0.2) is 28.4 Å². The molecule has 3 nitrogen and oxygen atoms in total. The molecule has 3 heteroatoms. The van der Waals surface area contributed by atoms with Crippen LogP contribution in [-0.2, 0) is 4.79 Å². The summed E-state index contributed by atoms with van der Waals surface area (Å²) in [5, 5.41) is 2.72. The molecular weight excluding hydrogens is 140 g/mol. The smallest absolute Gasteiger partial charge is 0.253 e. The van der Waals surface area contributed by atoms with Gasteiger partial charge in [0.1, 0.15) is 6.04 Å². The van der Waals surface area contributed by atoms with Crippen molar-refractivity contribution in [1.82, 2.24) is 5.32 Å². The molecule has 1 unspecified atom stereocenters. The summed E-state index contributed by atoms with van der Waals surface area (Å²) >= 11 is 0. The highest BCUT2D eigenvalue weighted by molar-refractivity contribution is 6.03. The van der Waals surface area contributed by atoms with Crippen LogP contribution in [0.3, 0.4) is 0 Å². The van der Waals surface area contributed by atoms with Crippen LogP contribution >= 0.6 is 0 Å². The molecule has 0 aromatic carbocycles. The second-order valence-corrected chi connectivity index (χ2v) is 2.67. The van der Waals surface area contributed by atoms with Crippen LogP contribution in [0.25, 0.3) is 0 Å². The normalized spacial score (nSPS) is 27.4. The quantitative estimate of drug-likeness (QED) is 0.530. The van der Waals surface area contributed by atoms with Gasteiger partial charge in [-0.3, -0.25) is 9.79 Å². The van der Waals surface area contributed by atoms with E-state index in [2.05, 4.69) is 10.3 Å². The second-order valence-electron chi connectivity index (χ2n) is 2.67. The molecule has 2 heterocycles. The Morgan fingerprint density at radius 2 is 2.45 bits per heavy atom. The Morgan fingerprint density at radius 1 is 1.64 bits per heavy atom. The number of allylic oxidation sites excluding steroid dienone is 2. The van der Waals surface area contributed by atoms with E-state index in [0.29, 0.717) is 0 Å². The molecule has 11 heavy (non-hydrogen) atoms. The second kappa shape index (κ2) is 2.05. The van der Waals surface area contributed by atoms with Gasteiger partial charge in [0.25, 0.3) is 5.91 Å². The lowest BCUT2D eigenvalue weighted by Crippen LogP contribution is -2.31. The van der Waals surface area contributed by atoms with Crippen molar-refractivity contribution in [2.45, 2.75) is 13.0 Å². The van der Waals surface area contributed by atoms with Crippen LogP contribution in [0.5, 0.6) is 0 Å². The summed E-state index contributed by atoms with van der Waals surface area (Å²) in [5.74, 6) is -0.0208. The Labute approximate surface area is 64.5 Å². The van der Waals surface area contributed by atoms with Gasteiger partial charge in [-0.1, -0.05) is 0 Å². The summed E-state index contributed by atoms with van der Waals surface area (Å²) in [7, 11) is 0. The maximum absolute atomic E-state index is 11.2. The van der Waals surface area contributed by atoms with Crippen LogP contribution in [-0.4, -0.2) is 18.2 Å². The molecule has 2 rings (SSSR count). The van der Waals surface area contributed by atoms with Crippen LogP contribution in [0.1, 0.15) is 6.92 Å². The highest BCUT2D eigenvalue weighted by Gasteiger charge is 2.24. The highest BCUT2D eigenvalue weighted by Crippen LogP contribution is 2.18. The van der Waals surface area contributed by atoms with Gasteiger partial charge in [0.05, 0.1) is 0 Å². The van der Waals surface area contributed by atoms with E-state index in [1.54, 1.807) is 12.3 Å². The van der Waals surface area contributed by atoms with Crippen molar-refractivity contribution in [1.29, 1.82) is 0 Å². The van der Waals surface area contributed by atoms with E-state index in [1.807, 2.05) is 13.0 Å². The average Bonchev–Trinajstić information content (AvgIpc) is 2.34. The fourth-order valence-corrected chi connectivity index (χ4v) is 1.27. The fourth-order valence-electron chi connectivity index (χ4n) is 1.27. The number of carbonyl (C=O) groups is 1. The molecule has 0 spiro atoms. The van der Waals surface area contributed by atoms with E-state index in [-0.39, 0.29) is 11.9 Å². The SMILES string of the molecule is CC1=CC2N=CC=C2C(=O)N1. The zero-order chi connectivity index (χ0) is 7.84. The Balaban J connectivity index is 2.42. The summed E-state index contributed by atoms with van der Waals surface area (Å²) in [4.78, 5) is 15.3.